The average molecular weight is 492 g/mol. The molecule has 36 heavy (non-hydrogen) atoms. The van der Waals surface area contributed by atoms with Gasteiger partial charge in [-0.25, -0.2) is 4.90 Å². The number of hydrogen-bond acceptors (Lipinski definition) is 6. The summed E-state index contributed by atoms with van der Waals surface area (Å²) >= 11 is 0. The Morgan fingerprint density at radius 3 is 1.75 bits per heavy atom. The van der Waals surface area contributed by atoms with Crippen molar-refractivity contribution in [3.63, 3.8) is 0 Å². The number of carbonyl (C=O) groups is 4. The summed E-state index contributed by atoms with van der Waals surface area (Å²) in [6.45, 7) is 5.85. The number of amides is 4. The maximum atomic E-state index is 13.1. The largest absolute Gasteiger partial charge is 0.333 e. The molecule has 9 heteroatoms. The lowest BCUT2D eigenvalue weighted by atomic mass is 9.93. The van der Waals surface area contributed by atoms with E-state index in [0.717, 1.165) is 10.3 Å². The van der Waals surface area contributed by atoms with Crippen molar-refractivity contribution in [1.82, 2.24) is 9.80 Å². The third kappa shape index (κ3) is 5.76. The molecule has 4 amide bonds. The molecule has 1 aliphatic rings. The molecule has 190 valence electrons. The van der Waals surface area contributed by atoms with Crippen LogP contribution in [0, 0.1) is 0 Å². The van der Waals surface area contributed by atoms with E-state index in [1.165, 1.54) is 16.7 Å². The van der Waals surface area contributed by atoms with Crippen LogP contribution < -0.4 is 16.4 Å². The van der Waals surface area contributed by atoms with E-state index < -0.39 is 11.8 Å². The Morgan fingerprint density at radius 2 is 1.31 bits per heavy atom. The number of anilines is 1. The predicted molar refractivity (Wildman–Crippen MR) is 142 cm³/mol. The highest BCUT2D eigenvalue weighted by atomic mass is 16.2. The van der Waals surface area contributed by atoms with E-state index in [4.69, 9.17) is 11.5 Å². The monoisotopic (exact) mass is 491 g/mol. The number of imide groups is 1. The minimum atomic E-state index is -0.402. The second kappa shape index (κ2) is 12.6. The molecule has 0 atom stereocenters. The summed E-state index contributed by atoms with van der Waals surface area (Å²) in [6.07, 6.45) is 0. The van der Waals surface area contributed by atoms with E-state index in [0.29, 0.717) is 34.4 Å². The molecule has 3 aromatic carbocycles. The molecule has 1 heterocycles. The highest BCUT2D eigenvalue weighted by Crippen LogP contribution is 2.33. The zero-order valence-electron chi connectivity index (χ0n) is 21.3. The lowest BCUT2D eigenvalue weighted by Crippen LogP contribution is -2.40. The summed E-state index contributed by atoms with van der Waals surface area (Å²) in [5.41, 5.74) is 12.3. The van der Waals surface area contributed by atoms with Crippen LogP contribution in [0.25, 0.3) is 10.8 Å². The normalized spacial score (nSPS) is 11.7. The Hall–Kier alpha value is -4.08. The highest BCUT2D eigenvalue weighted by Gasteiger charge is 2.34. The van der Waals surface area contributed by atoms with Crippen molar-refractivity contribution in [3.8, 4) is 0 Å². The van der Waals surface area contributed by atoms with Crippen molar-refractivity contribution in [2.24, 2.45) is 11.5 Å². The van der Waals surface area contributed by atoms with Crippen LogP contribution in [0.15, 0.2) is 60.7 Å². The standard InChI is InChI=1S/C21H17N3O3.C4H10N2O.C2H6/c1-23(12-22)19(25)14-7-2-8-15(11-14)24-20(26)16-9-3-5-13-6-4-10-17(18(13)16)21(24)27;1-4(7)6(2)3-5;1-2/h2-11H,12,22H2,1H3;3,5H2,1-2H3;1-2H3. The third-order valence-electron chi connectivity index (χ3n) is 5.55. The Bertz CT molecular complexity index is 1220. The first-order valence-electron chi connectivity index (χ1n) is 11.6. The summed E-state index contributed by atoms with van der Waals surface area (Å²) in [5, 5.41) is 1.51. The van der Waals surface area contributed by atoms with Crippen molar-refractivity contribution in [3.05, 3.63) is 77.4 Å². The molecule has 0 saturated heterocycles. The maximum Gasteiger partial charge on any atom is 0.265 e. The molecule has 4 rings (SSSR count). The van der Waals surface area contributed by atoms with Crippen molar-refractivity contribution in [2.75, 3.05) is 32.3 Å². The van der Waals surface area contributed by atoms with Crippen LogP contribution in [0.3, 0.4) is 0 Å². The van der Waals surface area contributed by atoms with Gasteiger partial charge in [-0.15, -0.1) is 0 Å². The Morgan fingerprint density at radius 1 is 0.806 bits per heavy atom. The number of carbonyl (C=O) groups excluding carboxylic acids is 4. The molecular formula is C27H33N5O4. The van der Waals surface area contributed by atoms with E-state index >= 15 is 0 Å². The SMILES string of the molecule is CC.CC(=O)N(C)CN.CN(CN)C(=O)c1cccc(N2C(=O)c3cccc4cccc(c34)C2=O)c1. The number of hydrogen-bond donors (Lipinski definition) is 2. The Kier molecular flexibility index (Phi) is 9.83. The van der Waals surface area contributed by atoms with Crippen molar-refractivity contribution in [2.45, 2.75) is 20.8 Å². The Labute approximate surface area is 211 Å². The maximum absolute atomic E-state index is 13.1. The average Bonchev–Trinajstić information content (AvgIpc) is 2.91. The van der Waals surface area contributed by atoms with Crippen LogP contribution in [0.1, 0.15) is 51.8 Å². The van der Waals surface area contributed by atoms with E-state index in [2.05, 4.69) is 0 Å². The van der Waals surface area contributed by atoms with Gasteiger partial charge in [-0.3, -0.25) is 19.2 Å². The van der Waals surface area contributed by atoms with Crippen molar-refractivity contribution in [1.29, 1.82) is 0 Å². The number of benzene rings is 3. The van der Waals surface area contributed by atoms with Gasteiger partial charge in [0.1, 0.15) is 0 Å². The van der Waals surface area contributed by atoms with Gasteiger partial charge >= 0.3 is 0 Å². The molecule has 0 aliphatic carbocycles. The molecule has 0 saturated carbocycles. The second-order valence-electron chi connectivity index (χ2n) is 7.79. The predicted octanol–water partition coefficient (Wildman–Crippen LogP) is 3.04. The van der Waals surface area contributed by atoms with Gasteiger partial charge < -0.3 is 21.3 Å². The summed E-state index contributed by atoms with van der Waals surface area (Å²) in [6, 6.07) is 17.2. The fourth-order valence-corrected chi connectivity index (χ4v) is 3.47. The number of nitrogens with two attached hydrogens (primary N) is 2. The first-order chi connectivity index (χ1) is 17.2. The van der Waals surface area contributed by atoms with Crippen LogP contribution in [0.4, 0.5) is 5.69 Å². The van der Waals surface area contributed by atoms with Gasteiger partial charge in [0.2, 0.25) is 5.91 Å². The van der Waals surface area contributed by atoms with Crippen molar-refractivity contribution >= 4 is 40.1 Å². The summed E-state index contributed by atoms with van der Waals surface area (Å²) < 4.78 is 0. The van der Waals surface area contributed by atoms with Crippen molar-refractivity contribution < 1.29 is 19.2 Å². The van der Waals surface area contributed by atoms with E-state index in [9.17, 15) is 19.2 Å². The first kappa shape index (κ1) is 28.2. The summed E-state index contributed by atoms with van der Waals surface area (Å²) in [4.78, 5) is 52.7. The van der Waals surface area contributed by atoms with Gasteiger partial charge in [0.25, 0.3) is 17.7 Å². The van der Waals surface area contributed by atoms with Gasteiger partial charge in [0, 0.05) is 43.1 Å². The molecule has 0 radical (unpaired) electrons. The molecule has 0 unspecified atom stereocenters. The van der Waals surface area contributed by atoms with E-state index in [-0.39, 0.29) is 18.5 Å². The molecule has 9 nitrogen and oxygen atoms in total. The molecule has 1 aliphatic heterocycles. The molecule has 4 N–H and O–H groups in total. The van der Waals surface area contributed by atoms with Crippen LogP contribution in [0.2, 0.25) is 0 Å². The third-order valence-corrected chi connectivity index (χ3v) is 5.55. The Balaban J connectivity index is 0.000000440. The van der Waals surface area contributed by atoms with Gasteiger partial charge in [0.05, 0.1) is 19.0 Å². The second-order valence-corrected chi connectivity index (χ2v) is 7.79. The number of rotatable bonds is 4. The lowest BCUT2D eigenvalue weighted by Gasteiger charge is -2.27. The summed E-state index contributed by atoms with van der Waals surface area (Å²) in [5.74, 6) is -1.08. The quantitative estimate of drug-likeness (QED) is 0.426. The fraction of sp³-hybridized carbons (Fsp3) is 0.259. The molecule has 0 fully saturated rings. The molecular weight excluding hydrogens is 458 g/mol. The molecule has 0 spiro atoms. The van der Waals surface area contributed by atoms with Gasteiger partial charge in [-0.2, -0.15) is 0 Å². The summed E-state index contributed by atoms with van der Waals surface area (Å²) in [7, 11) is 3.24. The highest BCUT2D eigenvalue weighted by molar-refractivity contribution is 6.35. The topological polar surface area (TPSA) is 130 Å². The molecule has 3 aromatic rings. The lowest BCUT2D eigenvalue weighted by molar-refractivity contribution is -0.127. The van der Waals surface area contributed by atoms with Crippen LogP contribution in [0.5, 0.6) is 0 Å². The minimum absolute atomic E-state index is 0.00231. The molecule has 0 bridgehead atoms. The fourth-order valence-electron chi connectivity index (χ4n) is 3.47. The van der Waals surface area contributed by atoms with E-state index in [1.807, 2.05) is 26.0 Å². The van der Waals surface area contributed by atoms with Gasteiger partial charge in [-0.1, -0.05) is 44.2 Å². The number of nitrogens with zero attached hydrogens (tertiary/aromatic N) is 3. The first-order valence-corrected chi connectivity index (χ1v) is 11.6. The van der Waals surface area contributed by atoms with Crippen LogP contribution in [-0.4, -0.2) is 60.9 Å². The molecule has 0 aromatic heterocycles. The van der Waals surface area contributed by atoms with Gasteiger partial charge in [-0.05, 0) is 35.7 Å². The van der Waals surface area contributed by atoms with Gasteiger partial charge in [0.15, 0.2) is 0 Å². The van der Waals surface area contributed by atoms with Crippen LogP contribution in [-0.2, 0) is 4.79 Å². The van der Waals surface area contributed by atoms with E-state index in [1.54, 1.807) is 62.6 Å². The zero-order valence-corrected chi connectivity index (χ0v) is 21.3. The smallest absolute Gasteiger partial charge is 0.265 e. The minimum Gasteiger partial charge on any atom is -0.333 e. The zero-order chi connectivity index (χ0) is 27.0. The van der Waals surface area contributed by atoms with Crippen LogP contribution >= 0.6 is 0 Å².